The van der Waals surface area contributed by atoms with Gasteiger partial charge in [-0.25, -0.2) is 4.79 Å². The number of hydrogen-bond donors (Lipinski definition) is 1. The highest BCUT2D eigenvalue weighted by Gasteiger charge is 2.49. The minimum Gasteiger partial charge on any atom is -0.544 e. The molecule has 24 heavy (non-hydrogen) atoms. The van der Waals surface area contributed by atoms with E-state index in [-0.39, 0.29) is 5.56 Å². The van der Waals surface area contributed by atoms with Crippen LogP contribution in [0.1, 0.15) is 36.0 Å². The molecule has 1 aliphatic rings. The normalized spacial score (nSPS) is 16.8. The van der Waals surface area contributed by atoms with Gasteiger partial charge in [0.15, 0.2) is 6.10 Å². The summed E-state index contributed by atoms with van der Waals surface area (Å²) < 4.78 is 33.8. The van der Waals surface area contributed by atoms with Crippen LogP contribution in [0.15, 0.2) is 12.1 Å². The average molecular weight is 565 g/mol. The Bertz CT molecular complexity index is 636. The van der Waals surface area contributed by atoms with E-state index in [9.17, 15) is 28.6 Å². The monoisotopic (exact) mass is 565 g/mol. The van der Waals surface area contributed by atoms with Crippen LogP contribution in [0, 0.1) is 13.1 Å². The van der Waals surface area contributed by atoms with Gasteiger partial charge in [-0.2, -0.15) is 8.78 Å². The minimum atomic E-state index is -4.30. The summed E-state index contributed by atoms with van der Waals surface area (Å²) in [5.74, 6) is -9.21. The van der Waals surface area contributed by atoms with Crippen LogP contribution in [0.5, 0.6) is 5.75 Å². The number of hydrogen-bond acceptors (Lipinski definition) is 5. The summed E-state index contributed by atoms with van der Waals surface area (Å²) in [7, 11) is 0. The number of phenols is 1. The second-order valence-corrected chi connectivity index (χ2v) is 7.97. The van der Waals surface area contributed by atoms with Crippen LogP contribution in [0.4, 0.5) is 8.78 Å². The van der Waals surface area contributed by atoms with E-state index < -0.39 is 35.6 Å². The number of esters is 1. The first kappa shape index (κ1) is 19.6. The zero-order valence-corrected chi connectivity index (χ0v) is 16.5. The highest BCUT2D eigenvalue weighted by molar-refractivity contribution is 14.1. The summed E-state index contributed by atoms with van der Waals surface area (Å²) in [6.45, 7) is 0. The Kier molecular flexibility index (Phi) is 6.26. The number of alkyl halides is 2. The van der Waals surface area contributed by atoms with Crippen LogP contribution in [0.2, 0.25) is 0 Å². The number of carboxylic acids is 1. The Morgan fingerprint density at radius 3 is 2.38 bits per heavy atom. The lowest BCUT2D eigenvalue weighted by Gasteiger charge is -2.31. The zero-order chi connectivity index (χ0) is 18.1. The molecule has 2 rings (SSSR count). The molecule has 1 N–H and O–H groups in total. The van der Waals surface area contributed by atoms with Crippen LogP contribution < -0.4 is 5.11 Å². The Morgan fingerprint density at radius 2 is 1.88 bits per heavy atom. The first-order valence-corrected chi connectivity index (χ1v) is 9.28. The van der Waals surface area contributed by atoms with E-state index in [0.29, 0.717) is 32.8 Å². The third-order valence-corrected chi connectivity index (χ3v) is 5.40. The predicted octanol–water partition coefficient (Wildman–Crippen LogP) is 2.70. The van der Waals surface area contributed by atoms with E-state index in [1.807, 2.05) is 22.6 Å². The number of halogens is 4. The Labute approximate surface area is 164 Å². The van der Waals surface area contributed by atoms with Crippen molar-refractivity contribution in [2.24, 2.45) is 5.92 Å². The number of carbonyl (C=O) groups is 2. The van der Waals surface area contributed by atoms with Crippen molar-refractivity contribution in [1.82, 2.24) is 0 Å². The fourth-order valence-corrected chi connectivity index (χ4v) is 4.81. The summed E-state index contributed by atoms with van der Waals surface area (Å²) in [6.07, 6.45) is -0.109. The van der Waals surface area contributed by atoms with Crippen molar-refractivity contribution >= 4 is 57.1 Å². The number of phenolic OH excluding ortho intramolecular Hbond substituents is 1. The summed E-state index contributed by atoms with van der Waals surface area (Å²) in [4.78, 5) is 23.1. The van der Waals surface area contributed by atoms with Gasteiger partial charge in [-0.1, -0.05) is 12.8 Å². The molecular weight excluding hydrogens is 552 g/mol. The van der Waals surface area contributed by atoms with E-state index in [1.165, 1.54) is 6.07 Å². The molecule has 5 nitrogen and oxygen atoms in total. The van der Waals surface area contributed by atoms with Crippen LogP contribution in [0.25, 0.3) is 0 Å². The molecule has 0 amide bonds. The summed E-state index contributed by atoms with van der Waals surface area (Å²) in [5, 5.41) is 20.7. The summed E-state index contributed by atoms with van der Waals surface area (Å²) in [5.41, 5.74) is -0.256. The van der Waals surface area contributed by atoms with Crippen LogP contribution in [0.3, 0.4) is 0 Å². The maximum atomic E-state index is 14.0. The Balaban J connectivity index is 2.33. The van der Waals surface area contributed by atoms with E-state index >= 15 is 0 Å². The summed E-state index contributed by atoms with van der Waals surface area (Å²) >= 11 is 3.70. The molecule has 9 heteroatoms. The van der Waals surface area contributed by atoms with Crippen molar-refractivity contribution in [3.05, 3.63) is 24.8 Å². The van der Waals surface area contributed by atoms with Crippen LogP contribution >= 0.6 is 45.2 Å². The largest absolute Gasteiger partial charge is 0.544 e. The Hall–Kier alpha value is -0.720. The molecule has 0 spiro atoms. The van der Waals surface area contributed by atoms with Crippen molar-refractivity contribution in [3.63, 3.8) is 0 Å². The van der Waals surface area contributed by atoms with Gasteiger partial charge in [0.05, 0.1) is 0 Å². The SMILES string of the molecule is O=C(OC(C1CCCC1)C(F)(F)C(=O)[O-])c1c(O)cc(I)cc1I. The lowest BCUT2D eigenvalue weighted by Crippen LogP contribution is -2.53. The van der Waals surface area contributed by atoms with Gasteiger partial charge in [0, 0.05) is 13.1 Å². The van der Waals surface area contributed by atoms with Crippen molar-refractivity contribution in [1.29, 1.82) is 0 Å². The molecule has 0 aromatic heterocycles. The van der Waals surface area contributed by atoms with E-state index in [2.05, 4.69) is 0 Å². The number of carboxylic acid groups (broad SMARTS) is 1. The number of rotatable bonds is 5. The molecule has 0 aliphatic heterocycles. The molecule has 1 aliphatic carbocycles. The van der Waals surface area contributed by atoms with E-state index in [4.69, 9.17) is 4.74 Å². The molecule has 0 saturated heterocycles. The highest BCUT2D eigenvalue weighted by Crippen LogP contribution is 2.38. The molecule has 1 fully saturated rings. The third-order valence-electron chi connectivity index (χ3n) is 3.93. The van der Waals surface area contributed by atoms with E-state index in [1.54, 1.807) is 28.7 Å². The van der Waals surface area contributed by atoms with Crippen molar-refractivity contribution in [2.75, 3.05) is 0 Å². The standard InChI is InChI=1S/C15H14F2I2O5/c16-15(17,14(22)23)12(7-3-1-2-4-7)24-13(21)11-9(19)5-8(18)6-10(11)20/h5-7,12,20H,1-4H2,(H,22,23)/p-1. The fraction of sp³-hybridized carbons (Fsp3) is 0.467. The minimum absolute atomic E-state index is 0.256. The maximum Gasteiger partial charge on any atom is 0.343 e. The molecule has 1 atom stereocenters. The lowest BCUT2D eigenvalue weighted by molar-refractivity contribution is -0.337. The first-order chi connectivity index (χ1) is 11.1. The van der Waals surface area contributed by atoms with Gasteiger partial charge in [-0.3, -0.25) is 0 Å². The topological polar surface area (TPSA) is 86.7 Å². The van der Waals surface area contributed by atoms with Gasteiger partial charge in [-0.05, 0) is 70.2 Å². The molecule has 132 valence electrons. The van der Waals surface area contributed by atoms with Gasteiger partial charge in [0.1, 0.15) is 17.3 Å². The van der Waals surface area contributed by atoms with Gasteiger partial charge < -0.3 is 19.7 Å². The Morgan fingerprint density at radius 1 is 1.29 bits per heavy atom. The number of aliphatic carboxylic acids is 1. The fourth-order valence-electron chi connectivity index (χ4n) is 2.78. The molecule has 0 radical (unpaired) electrons. The van der Waals surface area contributed by atoms with E-state index in [0.717, 1.165) is 0 Å². The number of ether oxygens (including phenoxy) is 1. The molecule has 1 aromatic carbocycles. The molecule has 1 aromatic rings. The zero-order valence-electron chi connectivity index (χ0n) is 12.2. The van der Waals surface area contributed by atoms with Crippen LogP contribution in [-0.4, -0.2) is 29.1 Å². The van der Waals surface area contributed by atoms with Gasteiger partial charge in [0.25, 0.3) is 0 Å². The summed E-state index contributed by atoms with van der Waals surface area (Å²) in [6, 6.07) is 2.86. The first-order valence-electron chi connectivity index (χ1n) is 7.12. The predicted molar refractivity (Wildman–Crippen MR) is 94.7 cm³/mol. The number of aromatic hydroxyl groups is 1. The average Bonchev–Trinajstić information content (AvgIpc) is 2.96. The van der Waals surface area contributed by atoms with Crippen LogP contribution in [-0.2, 0) is 9.53 Å². The van der Waals surface area contributed by atoms with Crippen molar-refractivity contribution < 1.29 is 33.3 Å². The molecule has 1 saturated carbocycles. The van der Waals surface area contributed by atoms with Crippen molar-refractivity contribution in [2.45, 2.75) is 37.7 Å². The van der Waals surface area contributed by atoms with Crippen molar-refractivity contribution in [3.8, 4) is 5.75 Å². The number of benzene rings is 1. The molecule has 0 bridgehead atoms. The molecule has 1 unspecified atom stereocenters. The smallest absolute Gasteiger partial charge is 0.343 e. The maximum absolute atomic E-state index is 14.0. The van der Waals surface area contributed by atoms with Gasteiger partial charge in [0.2, 0.25) is 0 Å². The lowest BCUT2D eigenvalue weighted by atomic mass is 9.95. The second kappa shape index (κ2) is 7.67. The second-order valence-electron chi connectivity index (χ2n) is 5.56. The third kappa shape index (κ3) is 4.09. The number of carbonyl (C=O) groups excluding carboxylic acids is 2. The highest BCUT2D eigenvalue weighted by atomic mass is 127. The quantitative estimate of drug-likeness (QED) is 0.439. The van der Waals surface area contributed by atoms with Gasteiger partial charge in [-0.15, -0.1) is 0 Å². The molecular formula is C15H13F2I2O5-. The van der Waals surface area contributed by atoms with Gasteiger partial charge >= 0.3 is 11.9 Å². The molecule has 0 heterocycles.